The van der Waals surface area contributed by atoms with Crippen LogP contribution in [0.4, 0.5) is 0 Å². The SMILES string of the molecule is CN[C@@H](C)C(=O)N[C@H](C(=O)N1C[C@@H](N)C[C@H]1CN(CCc1ccccc1)C(=O)CNC(=O)c1ccc(-c2ccc(C(=O)NCC(=O)N(CCc3ccccc3)C[C@@H]3C[C@H](N)CN3C(=O)[C@@H](N)C3CCCCC3)cc2)cc1)C1CCCCC1. The highest BCUT2D eigenvalue weighted by atomic mass is 16.2. The first-order valence-electron chi connectivity index (χ1n) is 29.9. The number of benzene rings is 4. The zero-order chi connectivity index (χ0) is 58.1. The van der Waals surface area contributed by atoms with E-state index in [0.717, 1.165) is 86.5 Å². The third-order valence-electron chi connectivity index (χ3n) is 17.4. The summed E-state index contributed by atoms with van der Waals surface area (Å²) in [5, 5.41) is 11.7. The summed E-state index contributed by atoms with van der Waals surface area (Å²) in [6, 6.07) is 30.7. The van der Waals surface area contributed by atoms with Gasteiger partial charge >= 0.3 is 0 Å². The van der Waals surface area contributed by atoms with E-state index in [-0.39, 0.29) is 91.7 Å². The minimum Gasteiger partial charge on any atom is -0.343 e. The van der Waals surface area contributed by atoms with E-state index in [9.17, 15) is 33.6 Å². The number of rotatable bonds is 24. The Hall–Kier alpha value is -6.99. The Balaban J connectivity index is 0.864. The van der Waals surface area contributed by atoms with Gasteiger partial charge in [0.2, 0.25) is 29.5 Å². The normalized spacial score (nSPS) is 20.5. The lowest BCUT2D eigenvalue weighted by atomic mass is 9.83. The number of amides is 7. The predicted molar refractivity (Wildman–Crippen MR) is 318 cm³/mol. The molecule has 0 bridgehead atoms. The van der Waals surface area contributed by atoms with Crippen LogP contribution in [0.15, 0.2) is 109 Å². The molecule has 2 heterocycles. The third-order valence-corrected chi connectivity index (χ3v) is 17.4. The van der Waals surface area contributed by atoms with Crippen molar-refractivity contribution < 1.29 is 33.6 Å². The van der Waals surface area contributed by atoms with E-state index in [0.29, 0.717) is 63.0 Å². The third kappa shape index (κ3) is 16.6. The number of nitrogens with two attached hydrogens (primary N) is 3. The Morgan fingerprint density at radius 2 is 0.976 bits per heavy atom. The van der Waals surface area contributed by atoms with Crippen LogP contribution in [-0.2, 0) is 36.8 Å². The Bertz CT molecular complexity index is 2760. The average Bonchev–Trinajstić information content (AvgIpc) is 4.11. The summed E-state index contributed by atoms with van der Waals surface area (Å²) in [6.07, 6.45) is 12.1. The number of likely N-dealkylation sites (N-methyl/N-ethyl adjacent to an activating group) is 1. The lowest BCUT2D eigenvalue weighted by Crippen LogP contribution is -2.58. The molecule has 0 unspecified atom stereocenters. The van der Waals surface area contributed by atoms with Crippen molar-refractivity contribution in [3.8, 4) is 11.1 Å². The van der Waals surface area contributed by atoms with Crippen LogP contribution in [0.5, 0.6) is 0 Å². The molecule has 0 spiro atoms. The summed E-state index contributed by atoms with van der Waals surface area (Å²) in [6.45, 7) is 3.21. The Kier molecular flexibility index (Phi) is 22.2. The van der Waals surface area contributed by atoms with E-state index in [4.69, 9.17) is 17.2 Å². The van der Waals surface area contributed by atoms with Gasteiger partial charge in [-0.05, 0) is 124 Å². The molecule has 0 aromatic heterocycles. The molecule has 4 aromatic rings. The van der Waals surface area contributed by atoms with Crippen LogP contribution in [-0.4, -0.2) is 163 Å². The second-order valence-electron chi connectivity index (χ2n) is 23.3. The van der Waals surface area contributed by atoms with E-state index in [1.807, 2.05) is 60.7 Å². The smallest absolute Gasteiger partial charge is 0.251 e. The topological polar surface area (TPSA) is 259 Å². The van der Waals surface area contributed by atoms with Gasteiger partial charge in [0.25, 0.3) is 11.8 Å². The van der Waals surface area contributed by atoms with Crippen LogP contribution in [0, 0.1) is 11.8 Å². The molecule has 4 aromatic carbocycles. The van der Waals surface area contributed by atoms with Crippen LogP contribution in [0.3, 0.4) is 0 Å². The standard InChI is InChI=1S/C64H87N11O7/c1-43(68-2)60(78)71-59(49-21-13-6-14-22-49)64(82)75-40-53(66)36-55(75)42-73(34-32-45-17-9-4-10-18-45)57(77)38-70-62(80)51-29-25-47(26-30-51)46-23-27-50(28-24-46)61(79)69-37-56(76)72(33-31-44-15-7-3-8-16-44)41-54-35-52(65)39-74(54)63(81)58(67)48-19-11-5-12-20-48/h3-4,7-10,15-18,23-30,43,48-49,52-55,58-59,68H,5-6,11-14,19-22,31-42,65-67H2,1-2H3,(H,69,79)(H,70,80)(H,71,78)/t43-,52-,53-,54-,55-,58-,59-/m0/s1. The molecule has 10 N–H and O–H groups in total. The molecule has 4 aliphatic rings. The summed E-state index contributed by atoms with van der Waals surface area (Å²) < 4.78 is 0. The number of likely N-dealkylation sites (tertiary alicyclic amines) is 2. The predicted octanol–water partition coefficient (Wildman–Crippen LogP) is 4.39. The minimum atomic E-state index is -0.698. The summed E-state index contributed by atoms with van der Waals surface area (Å²) >= 11 is 0. The molecule has 4 fully saturated rings. The number of nitrogens with one attached hydrogen (secondary N) is 4. The lowest BCUT2D eigenvalue weighted by molar-refractivity contribution is -0.141. The van der Waals surface area contributed by atoms with Crippen molar-refractivity contribution >= 4 is 41.4 Å². The van der Waals surface area contributed by atoms with Crippen molar-refractivity contribution in [1.29, 1.82) is 0 Å². The summed E-state index contributed by atoms with van der Waals surface area (Å²) in [4.78, 5) is 104. The Morgan fingerprint density at radius 1 is 0.561 bits per heavy atom. The first kappa shape index (κ1) is 61.1. The monoisotopic (exact) mass is 1120 g/mol. The van der Waals surface area contributed by atoms with Crippen molar-refractivity contribution in [2.75, 3.05) is 59.4 Å². The van der Waals surface area contributed by atoms with Gasteiger partial charge < -0.3 is 58.1 Å². The fourth-order valence-corrected chi connectivity index (χ4v) is 12.4. The van der Waals surface area contributed by atoms with Gasteiger partial charge in [-0.15, -0.1) is 0 Å². The fourth-order valence-electron chi connectivity index (χ4n) is 12.4. The van der Waals surface area contributed by atoms with Crippen LogP contribution in [0.1, 0.15) is 116 Å². The van der Waals surface area contributed by atoms with E-state index < -0.39 is 29.9 Å². The van der Waals surface area contributed by atoms with Gasteiger partial charge in [-0.3, -0.25) is 33.6 Å². The van der Waals surface area contributed by atoms with Crippen LogP contribution >= 0.6 is 0 Å². The summed E-state index contributed by atoms with van der Waals surface area (Å²) in [7, 11) is 1.71. The van der Waals surface area contributed by atoms with Crippen molar-refractivity contribution in [1.82, 2.24) is 40.9 Å². The summed E-state index contributed by atoms with van der Waals surface area (Å²) in [5.74, 6) is -1.78. The first-order valence-corrected chi connectivity index (χ1v) is 29.9. The molecule has 2 aliphatic carbocycles. The van der Waals surface area contributed by atoms with E-state index in [1.54, 1.807) is 82.1 Å². The molecule has 2 saturated carbocycles. The molecule has 7 atom stereocenters. The van der Waals surface area contributed by atoms with Gasteiger partial charge in [0.1, 0.15) is 6.04 Å². The van der Waals surface area contributed by atoms with E-state index in [2.05, 4.69) is 21.3 Å². The second-order valence-corrected chi connectivity index (χ2v) is 23.3. The number of nitrogens with zero attached hydrogens (tertiary/aromatic N) is 4. The van der Waals surface area contributed by atoms with Crippen molar-refractivity contribution in [3.05, 3.63) is 131 Å². The van der Waals surface area contributed by atoms with Gasteiger partial charge in [-0.2, -0.15) is 0 Å². The quantitative estimate of drug-likeness (QED) is 0.0518. The average molecular weight is 1120 g/mol. The molecule has 440 valence electrons. The fraction of sp³-hybridized carbons (Fsp3) is 0.516. The zero-order valence-corrected chi connectivity index (χ0v) is 48.0. The largest absolute Gasteiger partial charge is 0.343 e. The molecule has 18 nitrogen and oxygen atoms in total. The van der Waals surface area contributed by atoms with Crippen molar-refractivity contribution in [2.24, 2.45) is 29.0 Å². The maximum Gasteiger partial charge on any atom is 0.251 e. The maximum absolute atomic E-state index is 14.6. The molecule has 2 saturated heterocycles. The molecular weight excluding hydrogens is 1030 g/mol. The highest BCUT2D eigenvalue weighted by Crippen LogP contribution is 2.31. The minimum absolute atomic E-state index is 0.00236. The molecule has 8 rings (SSSR count). The Labute approximate surface area is 484 Å². The highest BCUT2D eigenvalue weighted by molar-refractivity contribution is 5.98. The van der Waals surface area contributed by atoms with Gasteiger partial charge in [0.05, 0.1) is 37.3 Å². The Morgan fingerprint density at radius 3 is 1.40 bits per heavy atom. The lowest BCUT2D eigenvalue weighted by Gasteiger charge is -2.37. The molecular formula is C64H87N11O7. The molecule has 18 heteroatoms. The van der Waals surface area contributed by atoms with E-state index >= 15 is 0 Å². The van der Waals surface area contributed by atoms with E-state index in [1.165, 1.54) is 0 Å². The van der Waals surface area contributed by atoms with Gasteiger partial charge in [0.15, 0.2) is 0 Å². The van der Waals surface area contributed by atoms with Crippen LogP contribution in [0.2, 0.25) is 0 Å². The van der Waals surface area contributed by atoms with Gasteiger partial charge in [0, 0.05) is 62.5 Å². The second kappa shape index (κ2) is 29.8. The van der Waals surface area contributed by atoms with Gasteiger partial charge in [-0.25, -0.2) is 0 Å². The number of hydrogen-bond acceptors (Lipinski definition) is 11. The molecule has 7 amide bonds. The molecule has 2 aliphatic heterocycles. The van der Waals surface area contributed by atoms with Crippen molar-refractivity contribution in [3.63, 3.8) is 0 Å². The zero-order valence-electron chi connectivity index (χ0n) is 48.0. The number of hydrogen-bond donors (Lipinski definition) is 7. The maximum atomic E-state index is 14.6. The van der Waals surface area contributed by atoms with Crippen LogP contribution in [0.25, 0.3) is 11.1 Å². The molecule has 82 heavy (non-hydrogen) atoms. The number of carbonyl (C=O) groups is 7. The van der Waals surface area contributed by atoms with Crippen LogP contribution < -0.4 is 38.5 Å². The molecule has 0 radical (unpaired) electrons. The highest BCUT2D eigenvalue weighted by Gasteiger charge is 2.43. The number of carbonyl (C=O) groups excluding carboxylic acids is 7. The summed E-state index contributed by atoms with van der Waals surface area (Å²) in [5.41, 5.74) is 24.0. The van der Waals surface area contributed by atoms with Crippen molar-refractivity contribution in [2.45, 2.75) is 139 Å². The van der Waals surface area contributed by atoms with Gasteiger partial charge in [-0.1, -0.05) is 123 Å². The first-order chi connectivity index (χ1) is 39.6.